The third kappa shape index (κ3) is 5.52. The van der Waals surface area contributed by atoms with Crippen molar-refractivity contribution in [2.45, 2.75) is 50.7 Å². The maximum Gasteiger partial charge on any atom is 0.263 e. The highest BCUT2D eigenvalue weighted by Gasteiger charge is 2.44. The van der Waals surface area contributed by atoms with Gasteiger partial charge in [-0.25, -0.2) is 0 Å². The van der Waals surface area contributed by atoms with E-state index in [1.165, 1.54) is 11.1 Å². The maximum atomic E-state index is 12.8. The second-order valence-electron chi connectivity index (χ2n) is 9.37. The lowest BCUT2D eigenvalue weighted by Gasteiger charge is -2.32. The lowest BCUT2D eigenvalue weighted by atomic mass is 10.0. The Labute approximate surface area is 222 Å². The molecule has 0 radical (unpaired) electrons. The number of halogens is 1. The molecule has 1 aliphatic carbocycles. The lowest BCUT2D eigenvalue weighted by molar-refractivity contribution is 0.0792. The van der Waals surface area contributed by atoms with Gasteiger partial charge in [0, 0.05) is 31.4 Å². The first-order valence-corrected chi connectivity index (χ1v) is 13.5. The third-order valence-electron chi connectivity index (χ3n) is 6.97. The number of nitrogens with zero attached hydrogens (tertiary/aromatic N) is 4. The Morgan fingerprint density at radius 1 is 1.37 bits per heavy atom. The number of fused-ring (bicyclic) bond motifs is 1. The molecule has 4 rings (SSSR count). The molecule has 0 aromatic heterocycles. The summed E-state index contributed by atoms with van der Waals surface area (Å²) in [5.41, 5.74) is 11.0. The van der Waals surface area contributed by atoms with Crippen LogP contribution < -0.4 is 16.4 Å². The van der Waals surface area contributed by atoms with Crippen LogP contribution in [0.4, 0.5) is 0 Å². The number of carbonyl (C=O) groups is 1. The number of nitrogens with two attached hydrogens (primary N) is 1. The molecule has 5 unspecified atom stereocenters. The molecule has 1 aromatic rings. The van der Waals surface area contributed by atoms with Gasteiger partial charge in [-0.3, -0.25) is 25.0 Å². The van der Waals surface area contributed by atoms with Gasteiger partial charge >= 0.3 is 0 Å². The second-order valence-corrected chi connectivity index (χ2v) is 10.1. The summed E-state index contributed by atoms with van der Waals surface area (Å²) in [6, 6.07) is 10.2. The first-order chi connectivity index (χ1) is 16.8. The Morgan fingerprint density at radius 2 is 2.17 bits per heavy atom. The zero-order valence-corrected chi connectivity index (χ0v) is 22.9. The maximum absolute atomic E-state index is 12.8. The number of likely N-dealkylation sites (N-methyl/N-ethyl adjacent to an activating group) is 2. The van der Waals surface area contributed by atoms with Gasteiger partial charge in [0.1, 0.15) is 12.2 Å². The molecule has 1 saturated heterocycles. The standard InChI is InChI=1S/C26H34IN7O/c1-16-5-10-21-22(17(2)13-16)32-25(33(21)4)23-24(28)30-14-20(31-23)18-6-8-19(9-7-18)26(35)34(15-27)12-11-29-3/h5-6,8,13-14,21-25,29,32H,10-12,15,28H2,1-4H3. The van der Waals surface area contributed by atoms with Gasteiger partial charge in [-0.2, -0.15) is 0 Å². The molecule has 2 aliphatic heterocycles. The molecule has 3 aliphatic rings. The summed E-state index contributed by atoms with van der Waals surface area (Å²) in [5, 5.41) is 6.85. The number of amides is 1. The van der Waals surface area contributed by atoms with Crippen LogP contribution in [0.15, 0.2) is 45.4 Å². The number of allylic oxidation sites excluding steroid dienone is 2. The Hall–Kier alpha value is -2.10. The average molecular weight is 588 g/mol. The van der Waals surface area contributed by atoms with Gasteiger partial charge in [-0.05, 0) is 46.5 Å². The van der Waals surface area contributed by atoms with Gasteiger partial charge in [-0.15, -0.1) is 0 Å². The average Bonchev–Trinajstić information content (AvgIpc) is 3.11. The fourth-order valence-corrected chi connectivity index (χ4v) is 5.60. The molecule has 186 valence electrons. The van der Waals surface area contributed by atoms with E-state index in [4.69, 9.17) is 10.7 Å². The SMILES string of the molecule is CNCCN(CI)C(=O)c1c#cc(C2=NC(C3NC4C(C)=CC(C)=CCC4N3C)C(N)N=C2)cc1. The summed E-state index contributed by atoms with van der Waals surface area (Å²) in [5.74, 6) is -0.0559. The fraction of sp³-hybridized carbons (Fsp3) is 0.500. The second kappa shape index (κ2) is 11.3. The molecule has 5 atom stereocenters. The van der Waals surface area contributed by atoms with E-state index in [0.717, 1.165) is 18.5 Å². The monoisotopic (exact) mass is 587 g/mol. The van der Waals surface area contributed by atoms with Crippen LogP contribution in [0, 0.1) is 12.1 Å². The summed E-state index contributed by atoms with van der Waals surface area (Å²) >= 11 is 2.20. The molecule has 1 amide bonds. The summed E-state index contributed by atoms with van der Waals surface area (Å²) in [6.45, 7) is 5.71. The van der Waals surface area contributed by atoms with Gasteiger partial charge in [0.15, 0.2) is 0 Å². The van der Waals surface area contributed by atoms with E-state index < -0.39 is 6.17 Å². The number of rotatable bonds is 7. The first kappa shape index (κ1) is 26.0. The summed E-state index contributed by atoms with van der Waals surface area (Å²) in [4.78, 5) is 26.5. The number of nitrogens with one attached hydrogen (secondary N) is 2. The summed E-state index contributed by atoms with van der Waals surface area (Å²) in [6.07, 6.45) is 6.78. The van der Waals surface area contributed by atoms with E-state index in [9.17, 15) is 4.79 Å². The van der Waals surface area contributed by atoms with Crippen LogP contribution in [0.3, 0.4) is 0 Å². The molecule has 0 bridgehead atoms. The summed E-state index contributed by atoms with van der Waals surface area (Å²) < 4.78 is 0.612. The number of alkyl halides is 1. The van der Waals surface area contributed by atoms with Crippen molar-refractivity contribution < 1.29 is 4.79 Å². The highest BCUT2D eigenvalue weighted by Crippen LogP contribution is 2.30. The van der Waals surface area contributed by atoms with Gasteiger partial charge in [0.25, 0.3) is 5.91 Å². The molecular formula is C26H34IN7O. The predicted molar refractivity (Wildman–Crippen MR) is 149 cm³/mol. The summed E-state index contributed by atoms with van der Waals surface area (Å²) in [7, 11) is 4.01. The molecule has 0 saturated carbocycles. The van der Waals surface area contributed by atoms with Crippen LogP contribution in [-0.2, 0) is 0 Å². The van der Waals surface area contributed by atoms with E-state index in [-0.39, 0.29) is 24.2 Å². The Bertz CT molecular complexity index is 1050. The number of hydrogen-bond donors (Lipinski definition) is 3. The quantitative estimate of drug-likeness (QED) is 0.257. The van der Waals surface area contributed by atoms with Crippen molar-refractivity contribution in [3.63, 3.8) is 0 Å². The zero-order chi connectivity index (χ0) is 25.1. The minimum atomic E-state index is -0.433. The minimum Gasteiger partial charge on any atom is -0.328 e. The Morgan fingerprint density at radius 3 is 2.86 bits per heavy atom. The molecule has 35 heavy (non-hydrogen) atoms. The van der Waals surface area contributed by atoms with E-state index in [2.05, 4.69) is 88.3 Å². The van der Waals surface area contributed by atoms with E-state index in [1.807, 2.05) is 13.1 Å². The smallest absolute Gasteiger partial charge is 0.263 e. The minimum absolute atomic E-state index is 0.0307. The van der Waals surface area contributed by atoms with Gasteiger partial charge < -0.3 is 16.0 Å². The van der Waals surface area contributed by atoms with Crippen LogP contribution in [0.2, 0.25) is 0 Å². The molecule has 0 spiro atoms. The van der Waals surface area contributed by atoms with Crippen molar-refractivity contribution in [3.05, 3.63) is 58.7 Å². The lowest BCUT2D eigenvalue weighted by Crippen LogP contribution is -2.53. The molecule has 4 N–H and O–H groups in total. The van der Waals surface area contributed by atoms with Crippen LogP contribution in [0.5, 0.6) is 0 Å². The fourth-order valence-electron chi connectivity index (χ4n) is 4.95. The highest BCUT2D eigenvalue weighted by molar-refractivity contribution is 14.1. The largest absolute Gasteiger partial charge is 0.328 e. The van der Waals surface area contributed by atoms with Crippen molar-refractivity contribution >= 4 is 40.4 Å². The first-order valence-electron chi connectivity index (χ1n) is 12.0. The molecule has 1 aromatic carbocycles. The normalized spacial score (nSPS) is 28.4. The molecule has 1 fully saturated rings. The van der Waals surface area contributed by atoms with E-state index in [1.54, 1.807) is 17.2 Å². The van der Waals surface area contributed by atoms with Crippen LogP contribution >= 0.6 is 22.6 Å². The van der Waals surface area contributed by atoms with E-state index >= 15 is 0 Å². The topological polar surface area (TPSA) is 98.4 Å². The third-order valence-corrected chi connectivity index (χ3v) is 7.80. The Kier molecular flexibility index (Phi) is 8.39. The van der Waals surface area contributed by atoms with Crippen molar-refractivity contribution in [1.29, 1.82) is 0 Å². The van der Waals surface area contributed by atoms with Crippen molar-refractivity contribution in [1.82, 2.24) is 20.4 Å². The van der Waals surface area contributed by atoms with Gasteiger partial charge in [-0.1, -0.05) is 58.0 Å². The van der Waals surface area contributed by atoms with E-state index in [0.29, 0.717) is 28.4 Å². The van der Waals surface area contributed by atoms with Crippen LogP contribution in [0.1, 0.15) is 36.2 Å². The predicted octanol–water partition coefficient (Wildman–Crippen LogP) is 1.76. The van der Waals surface area contributed by atoms with Crippen molar-refractivity contribution in [2.24, 2.45) is 15.7 Å². The van der Waals surface area contributed by atoms with Crippen LogP contribution in [-0.4, -0.2) is 89.8 Å². The van der Waals surface area contributed by atoms with Gasteiger partial charge in [0.05, 0.1) is 27.6 Å². The molecular weight excluding hydrogens is 553 g/mol. The van der Waals surface area contributed by atoms with Crippen LogP contribution in [0.25, 0.3) is 0 Å². The Balaban J connectivity index is 1.52. The van der Waals surface area contributed by atoms with Gasteiger partial charge in [0.2, 0.25) is 0 Å². The molecule has 9 heteroatoms. The highest BCUT2D eigenvalue weighted by atomic mass is 127. The molecule has 8 nitrogen and oxygen atoms in total. The molecule has 2 heterocycles. The number of hydrogen-bond acceptors (Lipinski definition) is 7. The van der Waals surface area contributed by atoms with Crippen molar-refractivity contribution in [2.75, 3.05) is 31.7 Å². The number of carbonyl (C=O) groups excluding carboxylic acids is 1. The number of aliphatic imine (C=N–C) groups is 2. The van der Waals surface area contributed by atoms with Crippen molar-refractivity contribution in [3.8, 4) is 0 Å². The zero-order valence-electron chi connectivity index (χ0n) is 20.8.